The van der Waals surface area contributed by atoms with Crippen LogP contribution in [-0.2, 0) is 0 Å². The number of likely N-dealkylation sites (N-methyl/N-ethyl adjacent to an activating group) is 1. The summed E-state index contributed by atoms with van der Waals surface area (Å²) in [4.78, 5) is 0. The lowest BCUT2D eigenvalue weighted by Crippen LogP contribution is -2.31. The second-order valence-corrected chi connectivity index (χ2v) is 7.85. The van der Waals surface area contributed by atoms with Gasteiger partial charge in [0.05, 0.1) is 17.9 Å². The average molecular weight is 414 g/mol. The van der Waals surface area contributed by atoms with Crippen molar-refractivity contribution in [1.82, 2.24) is 5.32 Å². The van der Waals surface area contributed by atoms with E-state index in [1.165, 1.54) is 14.7 Å². The highest BCUT2D eigenvalue weighted by atomic mass is 35.5. The van der Waals surface area contributed by atoms with Crippen LogP contribution in [0.25, 0.3) is 0 Å². The highest BCUT2D eigenvalue weighted by Crippen LogP contribution is 2.64. The van der Waals surface area contributed by atoms with Crippen molar-refractivity contribution in [2.24, 2.45) is 0 Å². The van der Waals surface area contributed by atoms with Crippen LogP contribution >= 0.6 is 23.4 Å². The number of rotatable bonds is 6. The predicted molar refractivity (Wildman–Crippen MR) is 115 cm³/mol. The van der Waals surface area contributed by atoms with Crippen LogP contribution in [0.1, 0.15) is 12.5 Å². The Morgan fingerprint density at radius 3 is 2.44 bits per heavy atom. The number of nitrogens with one attached hydrogen (secondary N) is 1. The monoisotopic (exact) mass is 413 g/mol. The number of benzene rings is 2. The molecule has 1 aliphatic rings. The summed E-state index contributed by atoms with van der Waals surface area (Å²) in [6, 6.07) is 12.0. The number of aryl methyl sites for hydroxylation is 1. The SMILES string of the molecule is CCNCC=CCN1c2ccccc2N(c2ccc(C)cc2F)S1(O)O.Cl. The van der Waals surface area contributed by atoms with E-state index in [-0.39, 0.29) is 18.1 Å². The Bertz CT molecular complexity index is 819. The van der Waals surface area contributed by atoms with E-state index in [0.717, 1.165) is 12.1 Å². The highest BCUT2D eigenvalue weighted by molar-refractivity contribution is 8.27. The third-order valence-electron chi connectivity index (χ3n) is 4.18. The Morgan fingerprint density at radius 1 is 1.07 bits per heavy atom. The van der Waals surface area contributed by atoms with Crippen molar-refractivity contribution in [3.63, 3.8) is 0 Å². The summed E-state index contributed by atoms with van der Waals surface area (Å²) in [5.41, 5.74) is 2.18. The lowest BCUT2D eigenvalue weighted by molar-refractivity contribution is 0.485. The maximum absolute atomic E-state index is 14.6. The van der Waals surface area contributed by atoms with Crippen molar-refractivity contribution in [1.29, 1.82) is 0 Å². The maximum Gasteiger partial charge on any atom is 0.148 e. The van der Waals surface area contributed by atoms with E-state index in [4.69, 9.17) is 0 Å². The van der Waals surface area contributed by atoms with Crippen LogP contribution in [0.15, 0.2) is 54.6 Å². The van der Waals surface area contributed by atoms with Gasteiger partial charge in [0.2, 0.25) is 0 Å². The van der Waals surface area contributed by atoms with E-state index in [2.05, 4.69) is 5.32 Å². The second kappa shape index (κ2) is 8.95. The first-order chi connectivity index (χ1) is 12.5. The van der Waals surface area contributed by atoms with Crippen molar-refractivity contribution in [3.05, 3.63) is 66.0 Å². The minimum absolute atomic E-state index is 0. The largest absolute Gasteiger partial charge is 0.314 e. The average Bonchev–Trinajstić information content (AvgIpc) is 2.82. The molecule has 0 spiro atoms. The van der Waals surface area contributed by atoms with Gasteiger partial charge in [0.15, 0.2) is 0 Å². The van der Waals surface area contributed by atoms with Crippen molar-refractivity contribution in [3.8, 4) is 0 Å². The van der Waals surface area contributed by atoms with Gasteiger partial charge in [0.1, 0.15) is 11.5 Å². The van der Waals surface area contributed by atoms with Crippen LogP contribution in [-0.4, -0.2) is 28.7 Å². The summed E-state index contributed by atoms with van der Waals surface area (Å²) in [7, 11) is -3.41. The van der Waals surface area contributed by atoms with E-state index < -0.39 is 16.8 Å². The first-order valence-corrected chi connectivity index (χ1v) is 10.00. The lowest BCUT2D eigenvalue weighted by atomic mass is 10.2. The zero-order chi connectivity index (χ0) is 18.7. The Kier molecular flexibility index (Phi) is 7.13. The summed E-state index contributed by atoms with van der Waals surface area (Å²) in [5, 5.41) is 3.18. The highest BCUT2D eigenvalue weighted by Gasteiger charge is 2.41. The van der Waals surface area contributed by atoms with Crippen molar-refractivity contribution in [2.45, 2.75) is 13.8 Å². The molecule has 0 aromatic heterocycles. The van der Waals surface area contributed by atoms with Crippen LogP contribution in [0.3, 0.4) is 0 Å². The van der Waals surface area contributed by atoms with Gasteiger partial charge in [0.25, 0.3) is 0 Å². The van der Waals surface area contributed by atoms with Gasteiger partial charge in [-0.25, -0.2) is 13.0 Å². The van der Waals surface area contributed by atoms with Crippen molar-refractivity contribution >= 4 is 40.4 Å². The summed E-state index contributed by atoms with van der Waals surface area (Å²) in [6.07, 6.45) is 3.82. The molecule has 2 aromatic carbocycles. The smallest absolute Gasteiger partial charge is 0.148 e. The molecular weight excluding hydrogens is 389 g/mol. The zero-order valence-electron chi connectivity index (χ0n) is 15.3. The molecule has 0 radical (unpaired) electrons. The molecule has 0 unspecified atom stereocenters. The minimum Gasteiger partial charge on any atom is -0.314 e. The van der Waals surface area contributed by atoms with E-state index in [9.17, 15) is 13.5 Å². The fraction of sp³-hybridized carbons (Fsp3) is 0.263. The van der Waals surface area contributed by atoms with Gasteiger partial charge in [-0.15, -0.1) is 12.4 Å². The summed E-state index contributed by atoms with van der Waals surface area (Å²) in [5.74, 6) is -0.482. The molecule has 0 saturated carbocycles. The van der Waals surface area contributed by atoms with Crippen LogP contribution < -0.4 is 13.9 Å². The number of anilines is 3. The Morgan fingerprint density at radius 2 is 1.78 bits per heavy atom. The Balaban J connectivity index is 0.00000261. The van der Waals surface area contributed by atoms with Crippen LogP contribution in [0.5, 0.6) is 0 Å². The van der Waals surface area contributed by atoms with Gasteiger partial charge in [-0.2, -0.15) is 0 Å². The fourth-order valence-electron chi connectivity index (χ4n) is 2.93. The summed E-state index contributed by atoms with van der Waals surface area (Å²) in [6.45, 7) is 5.71. The third kappa shape index (κ3) is 4.23. The molecule has 0 aliphatic carbocycles. The topological polar surface area (TPSA) is 59.0 Å². The van der Waals surface area contributed by atoms with E-state index >= 15 is 0 Å². The first-order valence-electron chi connectivity index (χ1n) is 8.54. The quantitative estimate of drug-likeness (QED) is 0.445. The van der Waals surface area contributed by atoms with Crippen molar-refractivity contribution in [2.75, 3.05) is 28.2 Å². The molecular formula is C19H25ClFN3O2S. The molecule has 5 nitrogen and oxygen atoms in total. The molecule has 0 bridgehead atoms. The van der Waals surface area contributed by atoms with Crippen molar-refractivity contribution < 1.29 is 13.5 Å². The molecule has 148 valence electrons. The van der Waals surface area contributed by atoms with Gasteiger partial charge < -0.3 is 5.32 Å². The summed E-state index contributed by atoms with van der Waals surface area (Å²) < 4.78 is 39.3. The molecule has 0 amide bonds. The second-order valence-electron chi connectivity index (χ2n) is 6.07. The Labute approximate surface area is 167 Å². The van der Waals surface area contributed by atoms with Crippen LogP contribution in [0.4, 0.5) is 21.5 Å². The van der Waals surface area contributed by atoms with E-state index in [1.807, 2.05) is 31.2 Å². The molecule has 0 fully saturated rings. The molecule has 27 heavy (non-hydrogen) atoms. The van der Waals surface area contributed by atoms with Gasteiger partial charge in [-0.1, -0.05) is 37.3 Å². The molecule has 2 aromatic rings. The van der Waals surface area contributed by atoms with E-state index in [1.54, 1.807) is 31.2 Å². The molecule has 3 N–H and O–H groups in total. The number of halogens is 2. The molecule has 0 saturated heterocycles. The molecule has 3 rings (SSSR count). The number of nitrogens with zero attached hydrogens (tertiary/aromatic N) is 2. The number of fused-ring (bicyclic) bond motifs is 1. The molecule has 1 heterocycles. The van der Waals surface area contributed by atoms with Gasteiger partial charge in [0, 0.05) is 6.54 Å². The first kappa shape index (κ1) is 21.5. The normalized spacial score (nSPS) is 16.3. The van der Waals surface area contributed by atoms with Crippen LogP contribution in [0.2, 0.25) is 0 Å². The minimum atomic E-state index is -3.41. The number of hydrogen-bond acceptors (Lipinski definition) is 5. The van der Waals surface area contributed by atoms with E-state index in [0.29, 0.717) is 24.5 Å². The summed E-state index contributed by atoms with van der Waals surface area (Å²) >= 11 is 0. The molecule has 1 aliphatic heterocycles. The van der Waals surface area contributed by atoms with Gasteiger partial charge in [-0.3, -0.25) is 9.11 Å². The molecule has 8 heteroatoms. The number of hydrogen-bond donors (Lipinski definition) is 3. The lowest BCUT2D eigenvalue weighted by Gasteiger charge is -2.43. The van der Waals surface area contributed by atoms with Gasteiger partial charge in [-0.05, 0) is 54.3 Å². The van der Waals surface area contributed by atoms with Crippen LogP contribution in [0, 0.1) is 12.7 Å². The zero-order valence-corrected chi connectivity index (χ0v) is 16.9. The third-order valence-corrected chi connectivity index (χ3v) is 6.00. The standard InChI is InChI=1S/C19H24FN3O2S.ClH/c1-3-21-12-6-7-13-22-18-8-4-5-9-19(18)23(26(22,24)25)17-11-10-15(2)14-16(17)20;/h4-11,14,21,24-25H,3,12-13H2,1-2H3;1H. The molecule has 0 atom stereocenters. The van der Waals surface area contributed by atoms with Gasteiger partial charge >= 0.3 is 0 Å². The predicted octanol–water partition coefficient (Wildman–Crippen LogP) is 5.26. The number of para-hydroxylation sites is 2. The maximum atomic E-state index is 14.6. The fourth-order valence-corrected chi connectivity index (χ4v) is 4.66. The Hall–Kier alpha value is -1.77.